The zero-order valence-electron chi connectivity index (χ0n) is 16.2. The highest BCUT2D eigenvalue weighted by molar-refractivity contribution is 7.99. The van der Waals surface area contributed by atoms with Crippen LogP contribution in [0.25, 0.3) is 11.3 Å². The zero-order valence-corrected chi connectivity index (χ0v) is 17.8. The van der Waals surface area contributed by atoms with Crippen LogP contribution < -0.4 is 5.32 Å². The van der Waals surface area contributed by atoms with Crippen molar-refractivity contribution in [3.8, 4) is 11.3 Å². The molecule has 4 rings (SSSR count). The second kappa shape index (κ2) is 9.54. The maximum Gasteiger partial charge on any atom is 0.270 e. The molecule has 0 saturated carbocycles. The van der Waals surface area contributed by atoms with E-state index in [9.17, 15) is 14.9 Å². The number of anilines is 1. The van der Waals surface area contributed by atoms with Gasteiger partial charge in [-0.05, 0) is 5.56 Å². The number of carbonyl (C=O) groups excluding carboxylic acids is 1. The molecule has 8 nitrogen and oxygen atoms in total. The summed E-state index contributed by atoms with van der Waals surface area (Å²) in [6.07, 6.45) is 3.31. The number of hydrogen-bond acceptors (Lipinski definition) is 7. The van der Waals surface area contributed by atoms with E-state index in [1.807, 2.05) is 41.0 Å². The van der Waals surface area contributed by atoms with Gasteiger partial charge < -0.3 is 9.88 Å². The maximum absolute atomic E-state index is 12.3. The predicted octanol–water partition coefficient (Wildman–Crippen LogP) is 4.69. The van der Waals surface area contributed by atoms with Crippen molar-refractivity contribution in [2.24, 2.45) is 0 Å². The van der Waals surface area contributed by atoms with Crippen molar-refractivity contribution >= 4 is 39.8 Å². The molecule has 0 fully saturated rings. The van der Waals surface area contributed by atoms with Gasteiger partial charge in [-0.15, -0.1) is 11.3 Å². The van der Waals surface area contributed by atoms with Crippen molar-refractivity contribution in [3.63, 3.8) is 0 Å². The summed E-state index contributed by atoms with van der Waals surface area (Å²) in [6, 6.07) is 16.3. The average Bonchev–Trinajstić information content (AvgIpc) is 3.43. The van der Waals surface area contributed by atoms with E-state index in [4.69, 9.17) is 0 Å². The first-order valence-corrected chi connectivity index (χ1v) is 11.1. The number of benzene rings is 2. The summed E-state index contributed by atoms with van der Waals surface area (Å²) >= 11 is 2.66. The molecule has 0 aliphatic carbocycles. The van der Waals surface area contributed by atoms with Gasteiger partial charge in [-0.1, -0.05) is 54.2 Å². The number of thioether (sulfide) groups is 1. The molecule has 0 radical (unpaired) electrons. The molecule has 10 heteroatoms. The Morgan fingerprint density at radius 1 is 1.16 bits per heavy atom. The lowest BCUT2D eigenvalue weighted by molar-refractivity contribution is -0.384. The minimum Gasteiger partial charge on any atom is -0.314 e. The normalized spacial score (nSPS) is 10.7. The van der Waals surface area contributed by atoms with Crippen LogP contribution in [0, 0.1) is 10.1 Å². The third-order valence-corrected chi connectivity index (χ3v) is 6.05. The number of aromatic nitrogens is 3. The molecule has 2 aromatic carbocycles. The Bertz CT molecular complexity index is 1190. The molecule has 0 atom stereocenters. The number of nitro groups is 1. The molecule has 0 aliphatic rings. The number of nitro benzene ring substituents is 1. The fraction of sp³-hybridized carbons (Fsp3) is 0.0952. The summed E-state index contributed by atoms with van der Waals surface area (Å²) in [5, 5.41) is 17.0. The van der Waals surface area contributed by atoms with E-state index in [0.29, 0.717) is 22.4 Å². The fourth-order valence-electron chi connectivity index (χ4n) is 2.97. The second-order valence-corrected chi connectivity index (χ2v) is 8.32. The first kappa shape index (κ1) is 20.8. The average molecular weight is 452 g/mol. The number of rotatable bonds is 8. The van der Waals surface area contributed by atoms with Crippen LogP contribution in [0.2, 0.25) is 0 Å². The first-order chi connectivity index (χ1) is 15.1. The minimum absolute atomic E-state index is 0.0157. The molecule has 156 valence electrons. The molecule has 1 amide bonds. The molecule has 0 spiro atoms. The highest BCUT2D eigenvalue weighted by Gasteiger charge is 2.16. The molecule has 31 heavy (non-hydrogen) atoms. The standard InChI is InChI=1S/C21H17N5O3S2/c27-19(24-20-22-9-10-30-20)14-31-21-23-12-18(16-7-4-8-17(11-16)26(28)29)25(21)13-15-5-2-1-3-6-15/h1-12H,13-14H2,(H,22,24,27). The van der Waals surface area contributed by atoms with Gasteiger partial charge in [0, 0.05) is 29.3 Å². The molecule has 0 saturated heterocycles. The van der Waals surface area contributed by atoms with Gasteiger partial charge in [-0.3, -0.25) is 14.9 Å². The molecule has 2 aromatic heterocycles. The summed E-state index contributed by atoms with van der Waals surface area (Å²) in [5.74, 6) is -0.00847. The van der Waals surface area contributed by atoms with Crippen LogP contribution >= 0.6 is 23.1 Å². The quantitative estimate of drug-likeness (QED) is 0.237. The van der Waals surface area contributed by atoms with Gasteiger partial charge in [-0.2, -0.15) is 0 Å². The van der Waals surface area contributed by atoms with Crippen molar-refractivity contribution < 1.29 is 9.72 Å². The van der Waals surface area contributed by atoms with Crippen molar-refractivity contribution in [3.05, 3.63) is 88.0 Å². The minimum atomic E-state index is -0.417. The number of amides is 1. The topological polar surface area (TPSA) is 103 Å². The zero-order chi connectivity index (χ0) is 21.6. The summed E-state index contributed by atoms with van der Waals surface area (Å²) in [5.41, 5.74) is 2.51. The van der Waals surface area contributed by atoms with Crippen LogP contribution in [0.1, 0.15) is 5.56 Å². The van der Waals surface area contributed by atoms with E-state index < -0.39 is 4.92 Å². The van der Waals surface area contributed by atoms with Crippen molar-refractivity contribution in [1.82, 2.24) is 14.5 Å². The fourth-order valence-corrected chi connectivity index (χ4v) is 4.30. The van der Waals surface area contributed by atoms with E-state index in [1.165, 1.54) is 35.2 Å². The van der Waals surface area contributed by atoms with Gasteiger partial charge in [0.1, 0.15) is 0 Å². The predicted molar refractivity (Wildman–Crippen MR) is 121 cm³/mol. The number of thiazole rings is 1. The lowest BCUT2D eigenvalue weighted by atomic mass is 10.1. The number of carbonyl (C=O) groups is 1. The number of imidazole rings is 1. The van der Waals surface area contributed by atoms with Gasteiger partial charge >= 0.3 is 0 Å². The lowest BCUT2D eigenvalue weighted by Crippen LogP contribution is -2.14. The van der Waals surface area contributed by atoms with Crippen LogP contribution in [0.5, 0.6) is 0 Å². The Labute approximate surface area is 186 Å². The van der Waals surface area contributed by atoms with Gasteiger partial charge in [0.25, 0.3) is 5.69 Å². The SMILES string of the molecule is O=C(CSc1ncc(-c2cccc([N+](=O)[O-])c2)n1Cc1ccccc1)Nc1nccs1. The number of nitrogens with zero attached hydrogens (tertiary/aromatic N) is 4. The highest BCUT2D eigenvalue weighted by atomic mass is 32.2. The monoisotopic (exact) mass is 451 g/mol. The van der Waals surface area contributed by atoms with Crippen molar-refractivity contribution in [1.29, 1.82) is 0 Å². The maximum atomic E-state index is 12.3. The van der Waals surface area contributed by atoms with Crippen molar-refractivity contribution in [2.45, 2.75) is 11.7 Å². The van der Waals surface area contributed by atoms with Gasteiger partial charge in [0.15, 0.2) is 10.3 Å². The second-order valence-electron chi connectivity index (χ2n) is 6.48. The Hall–Kier alpha value is -3.50. The van der Waals surface area contributed by atoms with E-state index in [2.05, 4.69) is 15.3 Å². The van der Waals surface area contributed by atoms with Gasteiger partial charge in [0.05, 0.1) is 29.1 Å². The van der Waals surface area contributed by atoms with E-state index in [0.717, 1.165) is 11.3 Å². The number of hydrogen-bond donors (Lipinski definition) is 1. The van der Waals surface area contributed by atoms with E-state index in [1.54, 1.807) is 23.8 Å². The third-order valence-electron chi connectivity index (χ3n) is 4.37. The summed E-state index contributed by atoms with van der Waals surface area (Å²) in [4.78, 5) is 31.6. The first-order valence-electron chi connectivity index (χ1n) is 9.26. The Morgan fingerprint density at radius 2 is 2.00 bits per heavy atom. The number of non-ortho nitro benzene ring substituents is 1. The molecule has 1 N–H and O–H groups in total. The van der Waals surface area contributed by atoms with E-state index >= 15 is 0 Å². The smallest absolute Gasteiger partial charge is 0.270 e. The molecule has 0 unspecified atom stereocenters. The largest absolute Gasteiger partial charge is 0.314 e. The highest BCUT2D eigenvalue weighted by Crippen LogP contribution is 2.29. The van der Waals surface area contributed by atoms with Crippen LogP contribution in [0.15, 0.2) is 77.5 Å². The summed E-state index contributed by atoms with van der Waals surface area (Å²) < 4.78 is 1.97. The Balaban J connectivity index is 1.61. The lowest BCUT2D eigenvalue weighted by Gasteiger charge is -2.12. The van der Waals surface area contributed by atoms with Gasteiger partial charge in [-0.25, -0.2) is 9.97 Å². The Morgan fingerprint density at radius 3 is 2.74 bits per heavy atom. The van der Waals surface area contributed by atoms with Gasteiger partial charge in [0.2, 0.25) is 5.91 Å². The van der Waals surface area contributed by atoms with Crippen LogP contribution in [0.3, 0.4) is 0 Å². The van der Waals surface area contributed by atoms with Crippen LogP contribution in [-0.4, -0.2) is 31.1 Å². The molecular weight excluding hydrogens is 434 g/mol. The molecular formula is C21H17N5O3S2. The van der Waals surface area contributed by atoms with Crippen LogP contribution in [0.4, 0.5) is 10.8 Å². The molecule has 0 aliphatic heterocycles. The number of nitrogens with one attached hydrogen (secondary N) is 1. The van der Waals surface area contributed by atoms with Crippen molar-refractivity contribution in [2.75, 3.05) is 11.1 Å². The third kappa shape index (κ3) is 5.16. The molecule has 2 heterocycles. The summed E-state index contributed by atoms with van der Waals surface area (Å²) in [7, 11) is 0. The molecule has 4 aromatic rings. The molecule has 0 bridgehead atoms. The Kier molecular flexibility index (Phi) is 6.39. The van der Waals surface area contributed by atoms with E-state index in [-0.39, 0.29) is 17.3 Å². The summed E-state index contributed by atoms with van der Waals surface area (Å²) in [6.45, 7) is 0.523. The van der Waals surface area contributed by atoms with Crippen LogP contribution in [-0.2, 0) is 11.3 Å².